The van der Waals surface area contributed by atoms with Gasteiger partial charge in [-0.05, 0) is 11.1 Å². The second-order valence-electron chi connectivity index (χ2n) is 4.07. The monoisotopic (exact) mass is 262 g/mol. The third-order valence-corrected chi connectivity index (χ3v) is 2.58. The van der Waals surface area contributed by atoms with Gasteiger partial charge in [0.1, 0.15) is 0 Å². The van der Waals surface area contributed by atoms with Gasteiger partial charge in [-0.1, -0.05) is 29.4 Å². The smallest absolute Gasteiger partial charge is 0.358 e. The van der Waals surface area contributed by atoms with Gasteiger partial charge in [-0.15, -0.1) is 0 Å². The van der Waals surface area contributed by atoms with Crippen molar-refractivity contribution < 1.29 is 19.5 Å². The Morgan fingerprint density at radius 3 is 2.74 bits per heavy atom. The molecule has 1 aromatic heterocycles. The van der Waals surface area contributed by atoms with Gasteiger partial charge in [0.25, 0.3) is 0 Å². The second-order valence-corrected chi connectivity index (χ2v) is 4.07. The molecule has 0 radical (unpaired) electrons. The minimum absolute atomic E-state index is 0.0118. The van der Waals surface area contributed by atoms with Gasteiger partial charge in [0.05, 0.1) is 13.2 Å². The van der Waals surface area contributed by atoms with Crippen LogP contribution in [-0.2, 0) is 19.7 Å². The van der Waals surface area contributed by atoms with Gasteiger partial charge in [0, 0.05) is 12.6 Å². The Kier molecular flexibility index (Phi) is 4.27. The van der Waals surface area contributed by atoms with Crippen molar-refractivity contribution in [3.63, 3.8) is 0 Å². The number of carbonyl (C=O) groups is 1. The first kappa shape index (κ1) is 13.3. The Balaban J connectivity index is 1.86. The number of aliphatic hydroxyl groups excluding tert-OH is 1. The van der Waals surface area contributed by atoms with E-state index in [1.54, 1.807) is 0 Å². The van der Waals surface area contributed by atoms with Crippen molar-refractivity contribution in [1.29, 1.82) is 0 Å². The Morgan fingerprint density at radius 2 is 2.05 bits per heavy atom. The maximum absolute atomic E-state index is 10.6. The molecule has 0 bridgehead atoms. The van der Waals surface area contributed by atoms with Crippen LogP contribution in [0.5, 0.6) is 0 Å². The number of aromatic nitrogens is 1. The normalized spacial score (nSPS) is 10.6. The molecular weight excluding hydrogens is 248 g/mol. The molecule has 2 rings (SSSR count). The maximum Gasteiger partial charge on any atom is 0.358 e. The summed E-state index contributed by atoms with van der Waals surface area (Å²) >= 11 is 0. The summed E-state index contributed by atoms with van der Waals surface area (Å²) in [5.74, 6) is -0.638. The number of rotatable bonds is 6. The molecule has 1 heterocycles. The zero-order valence-corrected chi connectivity index (χ0v) is 10.2. The summed E-state index contributed by atoms with van der Waals surface area (Å²) in [5.41, 5.74) is 1.79. The fourth-order valence-corrected chi connectivity index (χ4v) is 1.67. The number of carboxylic acid groups (broad SMARTS) is 1. The topological polar surface area (TPSA) is 95.6 Å². The Labute approximate surface area is 109 Å². The first-order valence-electron chi connectivity index (χ1n) is 5.77. The number of nitrogens with zero attached hydrogens (tertiary/aromatic N) is 1. The van der Waals surface area contributed by atoms with Gasteiger partial charge >= 0.3 is 5.97 Å². The standard InChI is InChI=1S/C13H14N2O4/c16-8-10-3-1-2-9(4-10)6-14-7-11-5-12(13(17)18)15-19-11/h1-5,14,16H,6-8H2,(H,17,18). The predicted octanol–water partition coefficient (Wildman–Crippen LogP) is 1.15. The van der Waals surface area contributed by atoms with Gasteiger partial charge in [-0.3, -0.25) is 0 Å². The SMILES string of the molecule is O=C(O)c1cc(CNCc2cccc(CO)c2)on1. The molecule has 0 saturated heterocycles. The van der Waals surface area contributed by atoms with Crippen LogP contribution in [0.15, 0.2) is 34.9 Å². The van der Waals surface area contributed by atoms with Crippen LogP contribution in [0.3, 0.4) is 0 Å². The third kappa shape index (κ3) is 3.64. The van der Waals surface area contributed by atoms with E-state index >= 15 is 0 Å². The van der Waals surface area contributed by atoms with E-state index in [0.717, 1.165) is 11.1 Å². The lowest BCUT2D eigenvalue weighted by Gasteiger charge is -2.04. The number of aliphatic hydroxyl groups is 1. The average molecular weight is 262 g/mol. The molecule has 0 aliphatic carbocycles. The predicted molar refractivity (Wildman–Crippen MR) is 66.4 cm³/mol. The summed E-state index contributed by atoms with van der Waals surface area (Å²) in [7, 11) is 0. The summed E-state index contributed by atoms with van der Waals surface area (Å²) in [6, 6.07) is 8.95. The molecule has 0 aliphatic heterocycles. The molecular formula is C13H14N2O4. The largest absolute Gasteiger partial charge is 0.476 e. The van der Waals surface area contributed by atoms with Crippen molar-refractivity contribution in [2.45, 2.75) is 19.7 Å². The molecule has 0 atom stereocenters. The molecule has 0 aliphatic rings. The van der Waals surface area contributed by atoms with Gasteiger partial charge in [0.15, 0.2) is 11.5 Å². The van der Waals surface area contributed by atoms with E-state index < -0.39 is 5.97 Å². The second kappa shape index (κ2) is 6.12. The van der Waals surface area contributed by atoms with Crippen LogP contribution in [-0.4, -0.2) is 21.3 Å². The lowest BCUT2D eigenvalue weighted by atomic mass is 10.1. The van der Waals surface area contributed by atoms with Gasteiger partial charge in [-0.25, -0.2) is 4.79 Å². The number of hydrogen-bond acceptors (Lipinski definition) is 5. The zero-order chi connectivity index (χ0) is 13.7. The molecule has 6 nitrogen and oxygen atoms in total. The third-order valence-electron chi connectivity index (χ3n) is 2.58. The zero-order valence-electron chi connectivity index (χ0n) is 10.2. The number of carboxylic acids is 1. The van der Waals surface area contributed by atoms with E-state index in [2.05, 4.69) is 10.5 Å². The van der Waals surface area contributed by atoms with Crippen molar-refractivity contribution in [1.82, 2.24) is 10.5 Å². The number of nitrogens with one attached hydrogen (secondary N) is 1. The van der Waals surface area contributed by atoms with Crippen LogP contribution < -0.4 is 5.32 Å². The highest BCUT2D eigenvalue weighted by Crippen LogP contribution is 2.06. The highest BCUT2D eigenvalue weighted by atomic mass is 16.5. The lowest BCUT2D eigenvalue weighted by molar-refractivity contribution is 0.0685. The molecule has 0 saturated carbocycles. The highest BCUT2D eigenvalue weighted by Gasteiger charge is 2.09. The molecule has 100 valence electrons. The van der Waals surface area contributed by atoms with Crippen LogP contribution in [0.2, 0.25) is 0 Å². The van der Waals surface area contributed by atoms with Crippen LogP contribution in [0, 0.1) is 0 Å². The highest BCUT2D eigenvalue weighted by molar-refractivity contribution is 5.85. The number of hydrogen-bond donors (Lipinski definition) is 3. The first-order valence-corrected chi connectivity index (χ1v) is 5.77. The van der Waals surface area contributed by atoms with Crippen LogP contribution in [0.4, 0.5) is 0 Å². The van der Waals surface area contributed by atoms with E-state index in [1.165, 1.54) is 6.07 Å². The van der Waals surface area contributed by atoms with Gasteiger partial charge in [0.2, 0.25) is 0 Å². The van der Waals surface area contributed by atoms with Crippen molar-refractivity contribution in [3.05, 3.63) is 52.9 Å². The van der Waals surface area contributed by atoms with Crippen molar-refractivity contribution in [2.24, 2.45) is 0 Å². The quantitative estimate of drug-likeness (QED) is 0.723. The summed E-state index contributed by atoms with van der Waals surface area (Å²) < 4.78 is 4.88. The van der Waals surface area contributed by atoms with Crippen molar-refractivity contribution in [2.75, 3.05) is 0 Å². The maximum atomic E-state index is 10.6. The van der Waals surface area contributed by atoms with Gasteiger partial charge in [-0.2, -0.15) is 0 Å². The Morgan fingerprint density at radius 1 is 1.26 bits per heavy atom. The molecule has 0 unspecified atom stereocenters. The summed E-state index contributed by atoms with van der Waals surface area (Å²) in [6.07, 6.45) is 0. The Bertz CT molecular complexity index is 565. The van der Waals surface area contributed by atoms with Crippen molar-refractivity contribution >= 4 is 5.97 Å². The first-order chi connectivity index (χ1) is 9.19. The van der Waals surface area contributed by atoms with Crippen molar-refractivity contribution in [3.8, 4) is 0 Å². The van der Waals surface area contributed by atoms with Crippen LogP contribution in [0.1, 0.15) is 27.4 Å². The minimum Gasteiger partial charge on any atom is -0.476 e. The van der Waals surface area contributed by atoms with E-state index in [0.29, 0.717) is 18.8 Å². The molecule has 19 heavy (non-hydrogen) atoms. The molecule has 0 fully saturated rings. The number of aromatic carboxylic acids is 1. The van der Waals surface area contributed by atoms with E-state index in [1.807, 2.05) is 24.3 Å². The Hall–Kier alpha value is -2.18. The van der Waals surface area contributed by atoms with E-state index in [4.69, 9.17) is 14.7 Å². The molecule has 6 heteroatoms. The fourth-order valence-electron chi connectivity index (χ4n) is 1.67. The van der Waals surface area contributed by atoms with Gasteiger partial charge < -0.3 is 20.1 Å². The molecule has 2 aromatic rings. The van der Waals surface area contributed by atoms with Crippen LogP contribution >= 0.6 is 0 Å². The van der Waals surface area contributed by atoms with E-state index in [-0.39, 0.29) is 12.3 Å². The molecule has 1 aromatic carbocycles. The number of benzene rings is 1. The summed E-state index contributed by atoms with van der Waals surface area (Å²) in [6.45, 7) is 0.999. The molecule has 0 spiro atoms. The summed E-state index contributed by atoms with van der Waals surface area (Å²) in [4.78, 5) is 10.6. The minimum atomic E-state index is -1.11. The lowest BCUT2D eigenvalue weighted by Crippen LogP contribution is -2.12. The average Bonchev–Trinajstić information content (AvgIpc) is 2.88. The molecule has 3 N–H and O–H groups in total. The summed E-state index contributed by atoms with van der Waals surface area (Å²) in [5, 5.41) is 24.2. The molecule has 0 amide bonds. The van der Waals surface area contributed by atoms with Crippen LogP contribution in [0.25, 0.3) is 0 Å². The fraction of sp³-hybridized carbons (Fsp3) is 0.231. The van der Waals surface area contributed by atoms with E-state index in [9.17, 15) is 4.79 Å².